The van der Waals surface area contributed by atoms with Crippen LogP contribution in [0.3, 0.4) is 0 Å². The number of benzene rings is 1. The maximum atomic E-state index is 13.3. The van der Waals surface area contributed by atoms with Gasteiger partial charge in [-0.1, -0.05) is 13.8 Å². The van der Waals surface area contributed by atoms with Gasteiger partial charge in [-0.25, -0.2) is 4.39 Å². The molecule has 0 amide bonds. The quantitative estimate of drug-likeness (QED) is 0.455. The van der Waals surface area contributed by atoms with Crippen LogP contribution in [0.2, 0.25) is 0 Å². The summed E-state index contributed by atoms with van der Waals surface area (Å²) in [6.45, 7) is 4.89. The molecule has 0 radical (unpaired) electrons. The summed E-state index contributed by atoms with van der Waals surface area (Å²) in [4.78, 5) is 10.0. The van der Waals surface area contributed by atoms with Gasteiger partial charge in [0.1, 0.15) is 5.82 Å². The molecule has 1 saturated heterocycles. The number of nitro benzene ring substituents is 1. The van der Waals surface area contributed by atoms with Crippen LogP contribution in [0.4, 0.5) is 10.1 Å². The summed E-state index contributed by atoms with van der Waals surface area (Å²) in [6.07, 6.45) is 0. The van der Waals surface area contributed by atoms with Gasteiger partial charge in [-0.3, -0.25) is 10.1 Å². The lowest BCUT2D eigenvalue weighted by Gasteiger charge is -2.33. The molecule has 1 aromatic rings. The number of non-ortho nitro benzene ring substituents is 1. The van der Waals surface area contributed by atoms with Crippen LogP contribution < -0.4 is 5.46 Å². The van der Waals surface area contributed by atoms with Crippen molar-refractivity contribution in [1.29, 1.82) is 0 Å². The summed E-state index contributed by atoms with van der Waals surface area (Å²) in [5.41, 5.74) is -0.0744. The first kappa shape index (κ1) is 13.0. The molecule has 96 valence electrons. The first-order valence-electron chi connectivity index (χ1n) is 5.55. The van der Waals surface area contributed by atoms with Crippen LogP contribution in [-0.2, 0) is 9.31 Å². The largest absolute Gasteiger partial charge is 0.494 e. The molecule has 0 aromatic heterocycles. The van der Waals surface area contributed by atoms with Crippen LogP contribution in [0.5, 0.6) is 0 Å². The van der Waals surface area contributed by atoms with Crippen molar-refractivity contribution in [1.82, 2.24) is 0 Å². The van der Waals surface area contributed by atoms with E-state index in [1.165, 1.54) is 12.1 Å². The molecule has 1 heterocycles. The predicted octanol–water partition coefficient (Wildman–Crippen LogP) is 1.50. The van der Waals surface area contributed by atoms with Gasteiger partial charge in [-0.05, 0) is 11.5 Å². The molecule has 0 unspecified atom stereocenters. The van der Waals surface area contributed by atoms with Gasteiger partial charge in [-0.15, -0.1) is 0 Å². The van der Waals surface area contributed by atoms with E-state index >= 15 is 0 Å². The molecular weight excluding hydrogens is 240 g/mol. The zero-order valence-corrected chi connectivity index (χ0v) is 10.2. The number of nitro groups is 1. The van der Waals surface area contributed by atoms with E-state index < -0.39 is 17.9 Å². The van der Waals surface area contributed by atoms with Crippen molar-refractivity contribution in [3.05, 3.63) is 34.1 Å². The Morgan fingerprint density at radius 1 is 1.33 bits per heavy atom. The SMILES string of the molecule is CC1(C)COB(c2cc(F)cc([N+](=O)[O-])c2)OC1. The normalized spacial score (nSPS) is 18.7. The summed E-state index contributed by atoms with van der Waals surface area (Å²) in [5.74, 6) is -0.670. The molecule has 7 heteroatoms. The van der Waals surface area contributed by atoms with E-state index in [1.807, 2.05) is 13.8 Å². The first-order chi connectivity index (χ1) is 8.37. The molecule has 1 fully saturated rings. The van der Waals surface area contributed by atoms with Crippen molar-refractivity contribution in [3.8, 4) is 0 Å². The monoisotopic (exact) mass is 253 g/mol. The fraction of sp³-hybridized carbons (Fsp3) is 0.455. The minimum absolute atomic E-state index is 0.101. The van der Waals surface area contributed by atoms with Gasteiger partial charge in [0.15, 0.2) is 0 Å². The Bertz CT molecular complexity index is 470. The summed E-state index contributed by atoms with van der Waals surface area (Å²) in [7, 11) is -0.743. The van der Waals surface area contributed by atoms with Crippen LogP contribution >= 0.6 is 0 Å². The number of rotatable bonds is 2. The van der Waals surface area contributed by atoms with Gasteiger partial charge in [0, 0.05) is 24.7 Å². The summed E-state index contributed by atoms with van der Waals surface area (Å²) >= 11 is 0. The van der Waals surface area contributed by atoms with E-state index in [0.29, 0.717) is 18.7 Å². The van der Waals surface area contributed by atoms with Gasteiger partial charge in [-0.2, -0.15) is 0 Å². The molecule has 18 heavy (non-hydrogen) atoms. The molecule has 0 saturated carbocycles. The van der Waals surface area contributed by atoms with Gasteiger partial charge in [0.25, 0.3) is 5.69 Å². The van der Waals surface area contributed by atoms with Gasteiger partial charge >= 0.3 is 7.12 Å². The Balaban J connectivity index is 2.21. The lowest BCUT2D eigenvalue weighted by Crippen LogP contribution is -2.47. The molecule has 1 aliphatic rings. The highest BCUT2D eigenvalue weighted by molar-refractivity contribution is 6.61. The van der Waals surface area contributed by atoms with Crippen molar-refractivity contribution < 1.29 is 18.6 Å². The van der Waals surface area contributed by atoms with Crippen LogP contribution in [0, 0.1) is 21.3 Å². The molecule has 0 atom stereocenters. The van der Waals surface area contributed by atoms with Crippen LogP contribution in [0.25, 0.3) is 0 Å². The predicted molar refractivity (Wildman–Crippen MR) is 64.1 cm³/mol. The van der Waals surface area contributed by atoms with E-state index in [4.69, 9.17) is 9.31 Å². The third-order valence-electron chi connectivity index (χ3n) is 2.64. The highest BCUT2D eigenvalue weighted by Crippen LogP contribution is 2.22. The molecule has 1 aromatic carbocycles. The highest BCUT2D eigenvalue weighted by atomic mass is 19.1. The van der Waals surface area contributed by atoms with Gasteiger partial charge in [0.2, 0.25) is 0 Å². The molecule has 1 aliphatic heterocycles. The van der Waals surface area contributed by atoms with E-state index in [9.17, 15) is 14.5 Å². The minimum atomic E-state index is -0.743. The molecule has 5 nitrogen and oxygen atoms in total. The highest BCUT2D eigenvalue weighted by Gasteiger charge is 2.34. The van der Waals surface area contributed by atoms with Crippen molar-refractivity contribution in [3.63, 3.8) is 0 Å². The van der Waals surface area contributed by atoms with Crippen LogP contribution in [0.15, 0.2) is 18.2 Å². The Morgan fingerprint density at radius 3 is 2.50 bits per heavy atom. The number of hydrogen-bond acceptors (Lipinski definition) is 4. The van der Waals surface area contributed by atoms with E-state index in [-0.39, 0.29) is 11.1 Å². The van der Waals surface area contributed by atoms with Crippen molar-refractivity contribution in [2.45, 2.75) is 13.8 Å². The second-order valence-corrected chi connectivity index (χ2v) is 5.12. The third-order valence-corrected chi connectivity index (χ3v) is 2.64. The van der Waals surface area contributed by atoms with E-state index in [0.717, 1.165) is 6.07 Å². The van der Waals surface area contributed by atoms with Gasteiger partial charge in [0.05, 0.1) is 11.0 Å². The molecule has 0 N–H and O–H groups in total. The molecular formula is C11H13BFNO4. The minimum Gasteiger partial charge on any atom is -0.407 e. The maximum absolute atomic E-state index is 13.3. The van der Waals surface area contributed by atoms with Crippen molar-refractivity contribution >= 4 is 18.3 Å². The van der Waals surface area contributed by atoms with Crippen LogP contribution in [0.1, 0.15) is 13.8 Å². The van der Waals surface area contributed by atoms with Crippen molar-refractivity contribution in [2.75, 3.05) is 13.2 Å². The molecule has 0 spiro atoms. The summed E-state index contributed by atoms with van der Waals surface area (Å²) in [5, 5.41) is 10.6. The average Bonchev–Trinajstić information content (AvgIpc) is 2.28. The standard InChI is InChI=1S/C11H13BFNO4/c1-11(2)6-17-12(18-7-11)8-3-9(13)5-10(4-8)14(15)16/h3-5H,6-7H2,1-2H3. The van der Waals surface area contributed by atoms with Crippen molar-refractivity contribution in [2.24, 2.45) is 5.41 Å². The zero-order valence-electron chi connectivity index (χ0n) is 10.2. The Hall–Kier alpha value is -1.47. The van der Waals surface area contributed by atoms with Crippen LogP contribution in [-0.4, -0.2) is 25.3 Å². The first-order valence-corrected chi connectivity index (χ1v) is 5.55. The maximum Gasteiger partial charge on any atom is 0.494 e. The lowest BCUT2D eigenvalue weighted by molar-refractivity contribution is -0.385. The number of nitrogens with zero attached hydrogens (tertiary/aromatic N) is 1. The summed E-state index contributed by atoms with van der Waals surface area (Å²) < 4.78 is 24.2. The Morgan fingerprint density at radius 2 is 1.94 bits per heavy atom. The smallest absolute Gasteiger partial charge is 0.407 e. The second kappa shape index (κ2) is 4.66. The average molecular weight is 253 g/mol. The number of hydrogen-bond donors (Lipinski definition) is 0. The Labute approximate surface area is 104 Å². The fourth-order valence-corrected chi connectivity index (χ4v) is 1.72. The topological polar surface area (TPSA) is 61.6 Å². The fourth-order valence-electron chi connectivity index (χ4n) is 1.72. The third kappa shape index (κ3) is 2.86. The Kier molecular flexibility index (Phi) is 3.36. The van der Waals surface area contributed by atoms with E-state index in [2.05, 4.69) is 0 Å². The molecule has 0 aliphatic carbocycles. The van der Waals surface area contributed by atoms with Gasteiger partial charge < -0.3 is 9.31 Å². The molecule has 2 rings (SSSR count). The molecule has 0 bridgehead atoms. The zero-order chi connectivity index (χ0) is 13.3. The second-order valence-electron chi connectivity index (χ2n) is 5.12. The van der Waals surface area contributed by atoms with E-state index in [1.54, 1.807) is 0 Å². The summed E-state index contributed by atoms with van der Waals surface area (Å²) in [6, 6.07) is 3.33. The lowest BCUT2D eigenvalue weighted by atomic mass is 9.75. The number of halogens is 1.